The number of hydrogen-bond acceptors (Lipinski definition) is 4. The van der Waals surface area contributed by atoms with Crippen LogP contribution in [0.5, 0.6) is 0 Å². The number of nitrogens with zero attached hydrogens (tertiary/aromatic N) is 1. The van der Waals surface area contributed by atoms with E-state index in [9.17, 15) is 14.0 Å². The molecule has 0 amide bonds. The monoisotopic (exact) mass is 360 g/mol. The largest absolute Gasteiger partial charge is 0.464 e. The zero-order valence-corrected chi connectivity index (χ0v) is 15.9. The van der Waals surface area contributed by atoms with Gasteiger partial charge in [-0.1, -0.05) is 12.1 Å². The molecule has 0 aliphatic rings. The van der Waals surface area contributed by atoms with Gasteiger partial charge in [-0.15, -0.1) is 0 Å². The van der Waals surface area contributed by atoms with Gasteiger partial charge in [0.1, 0.15) is 11.5 Å². The van der Waals surface area contributed by atoms with Crippen LogP contribution in [0.1, 0.15) is 51.5 Å². The van der Waals surface area contributed by atoms with E-state index in [0.29, 0.717) is 29.9 Å². The predicted octanol–water partition coefficient (Wildman–Crippen LogP) is 3.41. The highest BCUT2D eigenvalue weighted by molar-refractivity contribution is 6.05. The first kappa shape index (κ1) is 19.8. The van der Waals surface area contributed by atoms with Crippen molar-refractivity contribution in [3.63, 3.8) is 0 Å². The Kier molecular flexibility index (Phi) is 6.32. The smallest absolute Gasteiger partial charge is 0.354 e. The average molecular weight is 360 g/mol. The number of nitrogens with one attached hydrogen (secondary N) is 1. The summed E-state index contributed by atoms with van der Waals surface area (Å²) in [7, 11) is 1.33. The zero-order chi connectivity index (χ0) is 19.4. The molecule has 0 aliphatic heterocycles. The van der Waals surface area contributed by atoms with Crippen LogP contribution in [0.25, 0.3) is 0 Å². The van der Waals surface area contributed by atoms with Gasteiger partial charge in [0.05, 0.1) is 13.2 Å². The van der Waals surface area contributed by atoms with Gasteiger partial charge < -0.3 is 14.6 Å². The number of hydrogen-bond donors (Lipinski definition) is 1. The van der Waals surface area contributed by atoms with Crippen LogP contribution in [-0.4, -0.2) is 29.5 Å². The predicted molar refractivity (Wildman–Crippen MR) is 98.0 cm³/mol. The second-order valence-electron chi connectivity index (χ2n) is 6.26. The molecule has 1 atom stereocenters. The van der Waals surface area contributed by atoms with Gasteiger partial charge in [0, 0.05) is 24.3 Å². The number of methoxy groups -OCH3 is 1. The van der Waals surface area contributed by atoms with Gasteiger partial charge in [-0.05, 0) is 51.0 Å². The molecular weight excluding hydrogens is 335 g/mol. The maximum atomic E-state index is 13.0. The molecular formula is C20H25FN2O3. The fraction of sp³-hybridized carbons (Fsp3) is 0.400. The average Bonchev–Trinajstić information content (AvgIpc) is 2.89. The Hall–Kier alpha value is -2.47. The Morgan fingerprint density at radius 2 is 1.85 bits per heavy atom. The molecule has 5 nitrogen and oxygen atoms in total. The number of carbonyl (C=O) groups is 2. The summed E-state index contributed by atoms with van der Waals surface area (Å²) < 4.78 is 19.6. The Morgan fingerprint density at radius 1 is 1.23 bits per heavy atom. The summed E-state index contributed by atoms with van der Waals surface area (Å²) in [6.07, 6.45) is 0. The second kappa shape index (κ2) is 8.27. The molecule has 6 heteroatoms. The van der Waals surface area contributed by atoms with E-state index in [1.165, 1.54) is 19.2 Å². The minimum absolute atomic E-state index is 0.0838. The third-order valence-corrected chi connectivity index (χ3v) is 4.63. The highest BCUT2D eigenvalue weighted by Gasteiger charge is 2.28. The molecule has 1 N–H and O–H groups in total. The van der Waals surface area contributed by atoms with Crippen molar-refractivity contribution >= 4 is 11.8 Å². The zero-order valence-electron chi connectivity index (χ0n) is 15.9. The lowest BCUT2D eigenvalue weighted by molar-refractivity contribution is 0.0587. The van der Waals surface area contributed by atoms with Crippen LogP contribution in [-0.2, 0) is 17.8 Å². The van der Waals surface area contributed by atoms with Crippen molar-refractivity contribution in [3.8, 4) is 0 Å². The van der Waals surface area contributed by atoms with E-state index in [2.05, 4.69) is 5.32 Å². The van der Waals surface area contributed by atoms with Crippen molar-refractivity contribution in [1.29, 1.82) is 0 Å². The fourth-order valence-electron chi connectivity index (χ4n) is 3.20. The lowest BCUT2D eigenvalue weighted by Gasteiger charge is -2.14. The number of ether oxygens (including phenoxy) is 1. The molecule has 1 unspecified atom stereocenters. The van der Waals surface area contributed by atoms with Gasteiger partial charge in [-0.25, -0.2) is 9.18 Å². The Labute approximate surface area is 153 Å². The molecule has 2 rings (SSSR count). The van der Waals surface area contributed by atoms with E-state index in [4.69, 9.17) is 4.74 Å². The van der Waals surface area contributed by atoms with Crippen molar-refractivity contribution in [1.82, 2.24) is 9.88 Å². The first-order valence-electron chi connectivity index (χ1n) is 8.61. The van der Waals surface area contributed by atoms with Crippen LogP contribution in [0, 0.1) is 19.7 Å². The van der Waals surface area contributed by atoms with Crippen LogP contribution in [0.15, 0.2) is 24.3 Å². The Morgan fingerprint density at radius 3 is 2.38 bits per heavy atom. The van der Waals surface area contributed by atoms with Crippen molar-refractivity contribution in [2.45, 2.75) is 46.8 Å². The van der Waals surface area contributed by atoms with Crippen LogP contribution in [0.2, 0.25) is 0 Å². The van der Waals surface area contributed by atoms with Gasteiger partial charge in [0.25, 0.3) is 0 Å². The molecule has 1 aromatic heterocycles. The molecule has 0 fully saturated rings. The van der Waals surface area contributed by atoms with E-state index in [0.717, 1.165) is 11.3 Å². The molecule has 0 bridgehead atoms. The number of halogens is 1. The molecule has 1 aromatic carbocycles. The molecule has 140 valence electrons. The number of carbonyl (C=O) groups excluding carboxylic acids is 2. The van der Waals surface area contributed by atoms with Crippen LogP contribution in [0.3, 0.4) is 0 Å². The summed E-state index contributed by atoms with van der Waals surface area (Å²) >= 11 is 0. The lowest BCUT2D eigenvalue weighted by Crippen LogP contribution is -2.34. The van der Waals surface area contributed by atoms with Crippen molar-refractivity contribution < 1.29 is 18.7 Å². The number of aromatic nitrogens is 1. The fourth-order valence-corrected chi connectivity index (χ4v) is 3.20. The van der Waals surface area contributed by atoms with Crippen molar-refractivity contribution in [3.05, 3.63) is 58.2 Å². The third kappa shape index (κ3) is 3.85. The number of ketones is 1. The van der Waals surface area contributed by atoms with Crippen molar-refractivity contribution in [2.75, 3.05) is 7.11 Å². The minimum atomic E-state index is -0.448. The summed E-state index contributed by atoms with van der Waals surface area (Å²) in [5.74, 6) is -0.821. The molecule has 1 heterocycles. The minimum Gasteiger partial charge on any atom is -0.464 e. The number of Topliss-reactive ketones (excluding diaryl/α,β-unsaturated/α-hetero) is 1. The highest BCUT2D eigenvalue weighted by atomic mass is 19.1. The quantitative estimate of drug-likeness (QED) is 0.607. The molecule has 26 heavy (non-hydrogen) atoms. The molecule has 0 saturated carbocycles. The van der Waals surface area contributed by atoms with Crippen molar-refractivity contribution in [2.24, 2.45) is 0 Å². The maximum Gasteiger partial charge on any atom is 0.354 e. The van der Waals surface area contributed by atoms with E-state index >= 15 is 0 Å². The van der Waals surface area contributed by atoms with E-state index in [-0.39, 0.29) is 11.6 Å². The maximum absolute atomic E-state index is 13.0. The van der Waals surface area contributed by atoms with Gasteiger partial charge in [0.15, 0.2) is 5.78 Å². The van der Waals surface area contributed by atoms with E-state index in [1.54, 1.807) is 30.5 Å². The Balaban J connectivity index is 2.24. The molecule has 0 radical (unpaired) electrons. The molecule has 0 aliphatic carbocycles. The van der Waals surface area contributed by atoms with E-state index < -0.39 is 12.0 Å². The van der Waals surface area contributed by atoms with Gasteiger partial charge in [0.2, 0.25) is 0 Å². The summed E-state index contributed by atoms with van der Waals surface area (Å²) in [6, 6.07) is 5.69. The SMILES string of the molecule is CCn1c(C)c(C(=O)C(C)NCc2ccc(F)cc2)c(C)c1C(=O)OC. The lowest BCUT2D eigenvalue weighted by atomic mass is 10.0. The van der Waals surface area contributed by atoms with Crippen LogP contribution < -0.4 is 5.32 Å². The summed E-state index contributed by atoms with van der Waals surface area (Å²) in [5.41, 5.74) is 3.25. The normalized spacial score (nSPS) is 12.1. The van der Waals surface area contributed by atoms with Crippen LogP contribution in [0.4, 0.5) is 4.39 Å². The number of rotatable bonds is 7. The van der Waals surface area contributed by atoms with E-state index in [1.807, 2.05) is 13.8 Å². The summed E-state index contributed by atoms with van der Waals surface area (Å²) in [6.45, 7) is 8.33. The Bertz CT molecular complexity index is 809. The molecule has 0 spiro atoms. The summed E-state index contributed by atoms with van der Waals surface area (Å²) in [4.78, 5) is 25.1. The van der Waals surface area contributed by atoms with Crippen LogP contribution >= 0.6 is 0 Å². The molecule has 0 saturated heterocycles. The summed E-state index contributed by atoms with van der Waals surface area (Å²) in [5, 5.41) is 3.16. The standard InChI is InChI=1S/C20H25FN2O3/c1-6-23-14(4)17(12(2)18(23)20(25)26-5)19(24)13(3)22-11-15-7-9-16(21)10-8-15/h7-10,13,22H,6,11H2,1-5H3. The van der Waals surface area contributed by atoms with Gasteiger partial charge in [-0.3, -0.25) is 4.79 Å². The highest BCUT2D eigenvalue weighted by Crippen LogP contribution is 2.24. The number of benzene rings is 1. The first-order chi connectivity index (χ1) is 12.3. The first-order valence-corrected chi connectivity index (χ1v) is 8.61. The van der Waals surface area contributed by atoms with Gasteiger partial charge in [-0.2, -0.15) is 0 Å². The number of esters is 1. The molecule has 2 aromatic rings. The third-order valence-electron chi connectivity index (χ3n) is 4.63. The topological polar surface area (TPSA) is 60.3 Å². The van der Waals surface area contributed by atoms with Gasteiger partial charge >= 0.3 is 5.97 Å². The second-order valence-corrected chi connectivity index (χ2v) is 6.26.